The molecular weight excluding hydrogens is 575 g/mol. The molecule has 0 amide bonds. The molecule has 0 aliphatic heterocycles. The van der Waals surface area contributed by atoms with Crippen molar-refractivity contribution in [3.63, 3.8) is 0 Å². The van der Waals surface area contributed by atoms with Crippen LogP contribution in [0.15, 0.2) is 170 Å². The van der Waals surface area contributed by atoms with Crippen molar-refractivity contribution in [2.24, 2.45) is 0 Å². The first-order chi connectivity index (χ1) is 22.7. The molecule has 7 aromatic carbocycles. The van der Waals surface area contributed by atoms with Gasteiger partial charge in [-0.05, 0) is 88.3 Å². The third kappa shape index (κ3) is 4.07. The third-order valence-electron chi connectivity index (χ3n) is 9.76. The maximum Gasteiger partial charge on any atom is 0.0554 e. The van der Waals surface area contributed by atoms with Crippen LogP contribution in [0.3, 0.4) is 0 Å². The number of thiophene rings is 1. The molecule has 0 saturated carbocycles. The predicted octanol–water partition coefficient (Wildman–Crippen LogP) is 12.5. The van der Waals surface area contributed by atoms with Crippen LogP contribution in [-0.4, -0.2) is 0 Å². The Balaban J connectivity index is 1.21. The standard InChI is InChI=1S/C44H31NS/c1-44(38-19-10-8-17-35(38)36-18-9-11-20-39(36)44)32-25-28-37-42(29-32)46-41-22-12-21-40(43(37)41)45(33-15-6-3-7-16-33)34-26-23-31(24-27-34)30-13-4-2-5-14-30/h2-29H,1H3. The van der Waals surface area contributed by atoms with Gasteiger partial charge < -0.3 is 4.90 Å². The van der Waals surface area contributed by atoms with Gasteiger partial charge in [0.2, 0.25) is 0 Å². The van der Waals surface area contributed by atoms with Crippen molar-refractivity contribution in [2.75, 3.05) is 4.90 Å². The SMILES string of the molecule is CC1(c2ccc3c(c2)sc2cccc(N(c4ccccc4)c4ccc(-c5ccccc5)cc4)c23)c2ccccc2-c2ccccc21. The fourth-order valence-corrected chi connectivity index (χ4v) is 8.67. The van der Waals surface area contributed by atoms with Crippen molar-refractivity contribution in [1.29, 1.82) is 0 Å². The Morgan fingerprint density at radius 3 is 1.76 bits per heavy atom. The minimum Gasteiger partial charge on any atom is -0.310 e. The number of hydrogen-bond donors (Lipinski definition) is 0. The van der Waals surface area contributed by atoms with Gasteiger partial charge in [0.15, 0.2) is 0 Å². The number of hydrogen-bond acceptors (Lipinski definition) is 2. The maximum atomic E-state index is 2.45. The van der Waals surface area contributed by atoms with Crippen LogP contribution in [-0.2, 0) is 5.41 Å². The average Bonchev–Trinajstić information content (AvgIpc) is 3.63. The first kappa shape index (κ1) is 26.9. The van der Waals surface area contributed by atoms with Gasteiger partial charge in [-0.15, -0.1) is 11.3 Å². The molecule has 8 aromatic rings. The summed E-state index contributed by atoms with van der Waals surface area (Å²) in [4.78, 5) is 2.40. The second kappa shape index (κ2) is 10.6. The zero-order valence-corrected chi connectivity index (χ0v) is 26.3. The van der Waals surface area contributed by atoms with Crippen molar-refractivity contribution >= 4 is 48.6 Å². The molecule has 0 radical (unpaired) electrons. The molecule has 46 heavy (non-hydrogen) atoms. The summed E-state index contributed by atoms with van der Waals surface area (Å²) in [6, 6.07) is 62.0. The Labute approximate surface area is 273 Å². The first-order valence-electron chi connectivity index (χ1n) is 15.9. The summed E-state index contributed by atoms with van der Waals surface area (Å²) < 4.78 is 2.61. The van der Waals surface area contributed by atoms with Crippen molar-refractivity contribution in [1.82, 2.24) is 0 Å². The highest BCUT2D eigenvalue weighted by Gasteiger charge is 2.40. The van der Waals surface area contributed by atoms with Crippen LogP contribution in [0.25, 0.3) is 42.4 Å². The highest BCUT2D eigenvalue weighted by atomic mass is 32.1. The summed E-state index contributed by atoms with van der Waals surface area (Å²) in [7, 11) is 0. The van der Waals surface area contributed by atoms with E-state index >= 15 is 0 Å². The summed E-state index contributed by atoms with van der Waals surface area (Å²) >= 11 is 1.89. The van der Waals surface area contributed by atoms with Crippen molar-refractivity contribution in [3.8, 4) is 22.3 Å². The lowest BCUT2D eigenvalue weighted by Crippen LogP contribution is -2.22. The molecule has 0 spiro atoms. The first-order valence-corrected chi connectivity index (χ1v) is 16.7. The Kier molecular flexibility index (Phi) is 6.19. The molecule has 0 fully saturated rings. The topological polar surface area (TPSA) is 3.24 Å². The van der Waals surface area contributed by atoms with E-state index in [1.807, 2.05) is 11.3 Å². The molecule has 0 bridgehead atoms. The minimum absolute atomic E-state index is 0.211. The summed E-state index contributed by atoms with van der Waals surface area (Å²) in [5.74, 6) is 0. The number of anilines is 3. The Morgan fingerprint density at radius 2 is 1.07 bits per heavy atom. The molecule has 0 saturated heterocycles. The minimum atomic E-state index is -0.211. The van der Waals surface area contributed by atoms with Crippen LogP contribution in [0, 0.1) is 0 Å². The van der Waals surface area contributed by atoms with Crippen molar-refractivity contribution < 1.29 is 0 Å². The van der Waals surface area contributed by atoms with Gasteiger partial charge in [0, 0.05) is 37.0 Å². The number of rotatable bonds is 5. The zero-order valence-electron chi connectivity index (χ0n) is 25.5. The predicted molar refractivity (Wildman–Crippen MR) is 197 cm³/mol. The molecule has 1 heterocycles. The molecule has 1 aliphatic carbocycles. The van der Waals surface area contributed by atoms with Crippen LogP contribution in [0.1, 0.15) is 23.6 Å². The van der Waals surface area contributed by atoms with Gasteiger partial charge in [0.25, 0.3) is 0 Å². The molecule has 0 atom stereocenters. The summed E-state index contributed by atoms with van der Waals surface area (Å²) in [6.07, 6.45) is 0. The molecule has 1 aromatic heterocycles. The largest absolute Gasteiger partial charge is 0.310 e. The second-order valence-corrected chi connectivity index (χ2v) is 13.3. The van der Waals surface area contributed by atoms with Gasteiger partial charge in [-0.2, -0.15) is 0 Å². The number of para-hydroxylation sites is 1. The molecule has 1 nitrogen and oxygen atoms in total. The lowest BCUT2D eigenvalue weighted by molar-refractivity contribution is 0.715. The molecular formula is C44H31NS. The highest BCUT2D eigenvalue weighted by molar-refractivity contribution is 7.26. The summed E-state index contributed by atoms with van der Waals surface area (Å²) in [5, 5.41) is 2.59. The smallest absolute Gasteiger partial charge is 0.0554 e. The van der Waals surface area contributed by atoms with E-state index in [9.17, 15) is 0 Å². The maximum absolute atomic E-state index is 2.45. The molecule has 9 rings (SSSR count). The van der Waals surface area contributed by atoms with E-state index in [-0.39, 0.29) is 5.41 Å². The van der Waals surface area contributed by atoms with E-state index in [4.69, 9.17) is 0 Å². The zero-order chi connectivity index (χ0) is 30.7. The fraction of sp³-hybridized carbons (Fsp3) is 0.0455. The number of benzene rings is 7. The van der Waals surface area contributed by atoms with Crippen LogP contribution in [0.4, 0.5) is 17.1 Å². The molecule has 1 aliphatic rings. The second-order valence-electron chi connectivity index (χ2n) is 12.3. The number of nitrogens with zero attached hydrogens (tertiary/aromatic N) is 1. The van der Waals surface area contributed by atoms with Crippen LogP contribution in [0.2, 0.25) is 0 Å². The number of fused-ring (bicyclic) bond motifs is 6. The van der Waals surface area contributed by atoms with Gasteiger partial charge in [-0.25, -0.2) is 0 Å². The van der Waals surface area contributed by atoms with Crippen molar-refractivity contribution in [2.45, 2.75) is 12.3 Å². The molecule has 0 unspecified atom stereocenters. The quantitative estimate of drug-likeness (QED) is 0.189. The Hall–Kier alpha value is -5.44. The van der Waals surface area contributed by atoms with Crippen LogP contribution >= 0.6 is 11.3 Å². The average molecular weight is 606 g/mol. The highest BCUT2D eigenvalue weighted by Crippen LogP contribution is 2.53. The van der Waals surface area contributed by atoms with Crippen LogP contribution in [0.5, 0.6) is 0 Å². The van der Waals surface area contributed by atoms with E-state index < -0.39 is 0 Å². The van der Waals surface area contributed by atoms with Gasteiger partial charge in [0.05, 0.1) is 5.69 Å². The molecule has 218 valence electrons. The van der Waals surface area contributed by atoms with E-state index in [1.54, 1.807) is 0 Å². The van der Waals surface area contributed by atoms with Gasteiger partial charge in [-0.1, -0.05) is 127 Å². The fourth-order valence-electron chi connectivity index (χ4n) is 7.51. The third-order valence-corrected chi connectivity index (χ3v) is 10.9. The Morgan fingerprint density at radius 1 is 0.478 bits per heavy atom. The van der Waals surface area contributed by atoms with E-state index in [0.717, 1.165) is 11.4 Å². The monoisotopic (exact) mass is 605 g/mol. The van der Waals surface area contributed by atoms with Gasteiger partial charge in [-0.3, -0.25) is 0 Å². The van der Waals surface area contributed by atoms with Crippen molar-refractivity contribution in [3.05, 3.63) is 187 Å². The lowest BCUT2D eigenvalue weighted by Gasteiger charge is -2.28. The molecule has 2 heteroatoms. The van der Waals surface area contributed by atoms with Crippen LogP contribution < -0.4 is 4.90 Å². The Bertz CT molecular complexity index is 2320. The summed E-state index contributed by atoms with van der Waals surface area (Å²) in [6.45, 7) is 2.40. The van der Waals surface area contributed by atoms with E-state index in [2.05, 4.69) is 182 Å². The van der Waals surface area contributed by atoms with Gasteiger partial charge >= 0.3 is 0 Å². The normalized spacial score (nSPS) is 13.1. The van der Waals surface area contributed by atoms with E-state index in [0.29, 0.717) is 0 Å². The lowest BCUT2D eigenvalue weighted by atomic mass is 9.74. The summed E-state index contributed by atoms with van der Waals surface area (Å²) in [5.41, 5.74) is 12.5. The van der Waals surface area contributed by atoms with E-state index in [1.165, 1.54) is 64.8 Å². The molecule has 0 N–H and O–H groups in total. The van der Waals surface area contributed by atoms with Gasteiger partial charge in [0.1, 0.15) is 0 Å².